The summed E-state index contributed by atoms with van der Waals surface area (Å²) in [7, 11) is 0. The lowest BCUT2D eigenvalue weighted by molar-refractivity contribution is -0.153. The van der Waals surface area contributed by atoms with Gasteiger partial charge in [-0.05, 0) is 51.5 Å². The zero-order valence-corrected chi connectivity index (χ0v) is 18.7. The quantitative estimate of drug-likeness (QED) is 0.459. The molecule has 0 aromatic heterocycles. The van der Waals surface area contributed by atoms with Gasteiger partial charge < -0.3 is 25.0 Å². The summed E-state index contributed by atoms with van der Waals surface area (Å²) in [5, 5.41) is 5.32. The molecule has 1 aromatic rings. The van der Waals surface area contributed by atoms with Crippen LogP contribution in [0, 0.1) is 0 Å². The topological polar surface area (TPSA) is 117 Å². The smallest absolute Gasteiger partial charge is 0.325 e. The first kappa shape index (κ1) is 23.5. The van der Waals surface area contributed by atoms with Crippen molar-refractivity contribution in [2.75, 3.05) is 43.1 Å². The maximum atomic E-state index is 12.4. The Morgan fingerprint density at radius 1 is 1.19 bits per heavy atom. The fraction of sp³-hybridized carbons (Fsp3) is 0.545. The molecule has 2 saturated heterocycles. The molecule has 32 heavy (non-hydrogen) atoms. The fourth-order valence-electron chi connectivity index (χ4n) is 3.53. The van der Waals surface area contributed by atoms with Crippen molar-refractivity contribution in [3.8, 4) is 0 Å². The van der Waals surface area contributed by atoms with E-state index in [-0.39, 0.29) is 25.3 Å². The molecule has 2 heterocycles. The van der Waals surface area contributed by atoms with Crippen LogP contribution in [0.1, 0.15) is 33.6 Å². The second kappa shape index (κ2) is 9.99. The molecule has 1 aromatic carbocycles. The van der Waals surface area contributed by atoms with Gasteiger partial charge in [0.05, 0.1) is 13.2 Å². The van der Waals surface area contributed by atoms with Gasteiger partial charge in [0.2, 0.25) is 0 Å². The zero-order valence-electron chi connectivity index (χ0n) is 18.7. The number of nitrogens with zero attached hydrogens (tertiary/aromatic N) is 2. The average Bonchev–Trinajstić information content (AvgIpc) is 2.96. The molecule has 0 unspecified atom stereocenters. The monoisotopic (exact) mass is 446 g/mol. The van der Waals surface area contributed by atoms with Crippen LogP contribution < -0.4 is 15.5 Å². The Morgan fingerprint density at radius 3 is 2.44 bits per heavy atom. The van der Waals surface area contributed by atoms with E-state index in [0.717, 1.165) is 23.7 Å². The van der Waals surface area contributed by atoms with Gasteiger partial charge in [0.1, 0.15) is 5.54 Å². The molecule has 10 nitrogen and oxygen atoms in total. The van der Waals surface area contributed by atoms with Crippen LogP contribution >= 0.6 is 0 Å². The molecular formula is C22H30N4O6. The maximum Gasteiger partial charge on any atom is 0.325 e. The van der Waals surface area contributed by atoms with E-state index in [0.29, 0.717) is 18.9 Å². The van der Waals surface area contributed by atoms with Crippen LogP contribution in [0.2, 0.25) is 0 Å². The molecular weight excluding hydrogens is 416 g/mol. The average molecular weight is 447 g/mol. The molecule has 2 aliphatic heterocycles. The van der Waals surface area contributed by atoms with Crippen LogP contribution in [0.5, 0.6) is 0 Å². The molecule has 3 rings (SSSR count). The standard InChI is InChI=1S/C22H30N4O6/c1-15(32-18(27)5-4-10-26-20(29)22(2,3)24-21(26)30)19(28)23-16-6-8-17(9-7-16)25-11-13-31-14-12-25/h6-9,15H,4-5,10-14H2,1-3H3,(H,23,28)(H,24,30)/t15-/m1/s1. The van der Waals surface area contributed by atoms with Gasteiger partial charge in [0, 0.05) is 37.4 Å². The van der Waals surface area contributed by atoms with Gasteiger partial charge in [0.25, 0.3) is 11.8 Å². The van der Waals surface area contributed by atoms with Crippen molar-refractivity contribution in [3.63, 3.8) is 0 Å². The highest BCUT2D eigenvalue weighted by atomic mass is 16.5. The van der Waals surface area contributed by atoms with E-state index >= 15 is 0 Å². The number of amides is 4. The van der Waals surface area contributed by atoms with Crippen LogP contribution in [-0.2, 0) is 23.9 Å². The molecule has 1 atom stereocenters. The van der Waals surface area contributed by atoms with E-state index in [9.17, 15) is 19.2 Å². The Balaban J connectivity index is 1.40. The lowest BCUT2D eigenvalue weighted by Crippen LogP contribution is -2.40. The van der Waals surface area contributed by atoms with E-state index in [2.05, 4.69) is 15.5 Å². The second-order valence-corrected chi connectivity index (χ2v) is 8.38. The first-order valence-electron chi connectivity index (χ1n) is 10.7. The van der Waals surface area contributed by atoms with Crippen molar-refractivity contribution in [3.05, 3.63) is 24.3 Å². The van der Waals surface area contributed by atoms with Crippen molar-refractivity contribution in [2.45, 2.75) is 45.3 Å². The normalized spacial score (nSPS) is 18.8. The summed E-state index contributed by atoms with van der Waals surface area (Å²) in [5.41, 5.74) is 0.723. The van der Waals surface area contributed by atoms with Gasteiger partial charge in [-0.1, -0.05) is 0 Å². The van der Waals surface area contributed by atoms with E-state index in [1.165, 1.54) is 6.92 Å². The predicted octanol–water partition coefficient (Wildman–Crippen LogP) is 1.50. The minimum atomic E-state index is -0.975. The molecule has 2 N–H and O–H groups in total. The van der Waals surface area contributed by atoms with Crippen molar-refractivity contribution >= 4 is 35.2 Å². The number of hydrogen-bond donors (Lipinski definition) is 2. The number of anilines is 2. The summed E-state index contributed by atoms with van der Waals surface area (Å²) in [5.74, 6) is -1.33. The molecule has 0 bridgehead atoms. The van der Waals surface area contributed by atoms with Crippen molar-refractivity contribution in [1.82, 2.24) is 10.2 Å². The van der Waals surface area contributed by atoms with Gasteiger partial charge >= 0.3 is 12.0 Å². The Labute approximate surface area is 187 Å². The van der Waals surface area contributed by atoms with Crippen molar-refractivity contribution < 1.29 is 28.7 Å². The highest BCUT2D eigenvalue weighted by Gasteiger charge is 2.43. The molecule has 0 saturated carbocycles. The summed E-state index contributed by atoms with van der Waals surface area (Å²) in [6.45, 7) is 7.90. The number of carbonyl (C=O) groups is 4. The third-order valence-corrected chi connectivity index (χ3v) is 5.40. The molecule has 2 fully saturated rings. The van der Waals surface area contributed by atoms with Crippen LogP contribution in [-0.4, -0.2) is 73.2 Å². The van der Waals surface area contributed by atoms with Gasteiger partial charge in [-0.15, -0.1) is 0 Å². The van der Waals surface area contributed by atoms with Crippen molar-refractivity contribution in [2.24, 2.45) is 0 Å². The summed E-state index contributed by atoms with van der Waals surface area (Å²) in [6.07, 6.45) is -0.730. The highest BCUT2D eigenvalue weighted by Crippen LogP contribution is 2.20. The summed E-state index contributed by atoms with van der Waals surface area (Å²) < 4.78 is 10.5. The number of carbonyl (C=O) groups excluding carboxylic acids is 4. The van der Waals surface area contributed by atoms with Crippen LogP contribution in [0.25, 0.3) is 0 Å². The molecule has 174 valence electrons. The van der Waals surface area contributed by atoms with Crippen LogP contribution in [0.15, 0.2) is 24.3 Å². The molecule has 0 spiro atoms. The maximum absolute atomic E-state index is 12.4. The number of ether oxygens (including phenoxy) is 2. The Bertz CT molecular complexity index is 864. The minimum absolute atomic E-state index is 0.0106. The number of imide groups is 1. The number of esters is 1. The predicted molar refractivity (Wildman–Crippen MR) is 117 cm³/mol. The van der Waals surface area contributed by atoms with Crippen LogP contribution in [0.4, 0.5) is 16.2 Å². The SMILES string of the molecule is C[C@@H](OC(=O)CCCN1C(=O)NC(C)(C)C1=O)C(=O)Nc1ccc(N2CCOCC2)cc1. The Morgan fingerprint density at radius 2 is 1.84 bits per heavy atom. The number of morpholine rings is 1. The number of hydrogen-bond acceptors (Lipinski definition) is 7. The lowest BCUT2D eigenvalue weighted by atomic mass is 10.1. The fourth-order valence-corrected chi connectivity index (χ4v) is 3.53. The highest BCUT2D eigenvalue weighted by molar-refractivity contribution is 6.06. The van der Waals surface area contributed by atoms with E-state index in [1.54, 1.807) is 26.0 Å². The largest absolute Gasteiger partial charge is 0.453 e. The Kier molecular flexibility index (Phi) is 7.34. The molecule has 0 aliphatic carbocycles. The Hall–Kier alpha value is -3.14. The van der Waals surface area contributed by atoms with Crippen LogP contribution in [0.3, 0.4) is 0 Å². The third kappa shape index (κ3) is 5.76. The number of nitrogens with one attached hydrogen (secondary N) is 2. The molecule has 4 amide bonds. The van der Waals surface area contributed by atoms with E-state index in [4.69, 9.17) is 9.47 Å². The van der Waals surface area contributed by atoms with E-state index in [1.807, 2.05) is 12.1 Å². The number of benzene rings is 1. The van der Waals surface area contributed by atoms with Gasteiger partial charge in [-0.25, -0.2) is 4.79 Å². The third-order valence-electron chi connectivity index (χ3n) is 5.40. The minimum Gasteiger partial charge on any atom is -0.453 e. The number of urea groups is 1. The van der Waals surface area contributed by atoms with Crippen molar-refractivity contribution in [1.29, 1.82) is 0 Å². The second-order valence-electron chi connectivity index (χ2n) is 8.38. The lowest BCUT2D eigenvalue weighted by Gasteiger charge is -2.28. The summed E-state index contributed by atoms with van der Waals surface area (Å²) in [4.78, 5) is 51.7. The first-order chi connectivity index (χ1) is 15.2. The van der Waals surface area contributed by atoms with E-state index < -0.39 is 29.6 Å². The van der Waals surface area contributed by atoms with Gasteiger partial charge in [-0.2, -0.15) is 0 Å². The first-order valence-corrected chi connectivity index (χ1v) is 10.7. The summed E-state index contributed by atoms with van der Waals surface area (Å²) >= 11 is 0. The summed E-state index contributed by atoms with van der Waals surface area (Å²) in [6, 6.07) is 6.98. The molecule has 0 radical (unpaired) electrons. The molecule has 2 aliphatic rings. The molecule has 10 heteroatoms. The number of rotatable bonds is 8. The van der Waals surface area contributed by atoms with Gasteiger partial charge in [0.15, 0.2) is 6.10 Å². The van der Waals surface area contributed by atoms with Gasteiger partial charge in [-0.3, -0.25) is 19.3 Å². The zero-order chi connectivity index (χ0) is 23.3.